The van der Waals surface area contributed by atoms with Crippen molar-refractivity contribution in [3.05, 3.63) is 58.9 Å². The van der Waals surface area contributed by atoms with Crippen LogP contribution < -0.4 is 20.7 Å². The Balaban J connectivity index is 2.59. The number of aryl methyl sites for hydroxylation is 1. The van der Waals surface area contributed by atoms with Crippen LogP contribution in [0.15, 0.2) is 36.4 Å². The van der Waals surface area contributed by atoms with E-state index in [1.165, 1.54) is 19.2 Å². The van der Waals surface area contributed by atoms with Gasteiger partial charge in [0.05, 0.1) is 20.3 Å². The maximum absolute atomic E-state index is 13.6. The van der Waals surface area contributed by atoms with E-state index >= 15 is 0 Å². The SMILES string of the molecule is COc1ccc(C)cc1C(NN)c1cc(F)ccc1OC. The smallest absolute Gasteiger partial charge is 0.124 e. The molecule has 1 unspecified atom stereocenters. The lowest BCUT2D eigenvalue weighted by Crippen LogP contribution is -2.29. The van der Waals surface area contributed by atoms with Crippen LogP contribution in [0.5, 0.6) is 11.5 Å². The summed E-state index contributed by atoms with van der Waals surface area (Å²) in [5, 5.41) is 0. The summed E-state index contributed by atoms with van der Waals surface area (Å²) in [5.41, 5.74) is 5.21. The Morgan fingerprint density at radius 1 is 1.00 bits per heavy atom. The average molecular weight is 290 g/mol. The van der Waals surface area contributed by atoms with Gasteiger partial charge in [0.1, 0.15) is 17.3 Å². The molecule has 0 bridgehead atoms. The van der Waals surface area contributed by atoms with Crippen LogP contribution >= 0.6 is 0 Å². The number of rotatable bonds is 5. The Kier molecular flexibility index (Phi) is 4.77. The second kappa shape index (κ2) is 6.56. The zero-order valence-corrected chi connectivity index (χ0v) is 12.3. The monoisotopic (exact) mass is 290 g/mol. The lowest BCUT2D eigenvalue weighted by atomic mass is 9.96. The van der Waals surface area contributed by atoms with Gasteiger partial charge in [0.2, 0.25) is 0 Å². The molecule has 0 aliphatic heterocycles. The lowest BCUT2D eigenvalue weighted by molar-refractivity contribution is 0.393. The Morgan fingerprint density at radius 3 is 2.14 bits per heavy atom. The zero-order valence-electron chi connectivity index (χ0n) is 12.3. The van der Waals surface area contributed by atoms with E-state index in [4.69, 9.17) is 15.3 Å². The first-order valence-electron chi connectivity index (χ1n) is 6.54. The number of hydrogen-bond donors (Lipinski definition) is 2. The van der Waals surface area contributed by atoms with Gasteiger partial charge in [0.25, 0.3) is 0 Å². The molecule has 0 aliphatic rings. The molecule has 2 aromatic rings. The summed E-state index contributed by atoms with van der Waals surface area (Å²) in [4.78, 5) is 0. The predicted octanol–water partition coefficient (Wildman–Crippen LogP) is 2.70. The minimum Gasteiger partial charge on any atom is -0.496 e. The third-order valence-electron chi connectivity index (χ3n) is 3.37. The Hall–Kier alpha value is -2.11. The maximum atomic E-state index is 13.6. The molecule has 0 heterocycles. The molecule has 0 amide bonds. The quantitative estimate of drug-likeness (QED) is 0.656. The number of ether oxygens (including phenoxy) is 2. The predicted molar refractivity (Wildman–Crippen MR) is 79.8 cm³/mol. The molecule has 0 saturated heterocycles. The molecule has 0 spiro atoms. The van der Waals surface area contributed by atoms with Crippen molar-refractivity contribution in [3.8, 4) is 11.5 Å². The van der Waals surface area contributed by atoms with Gasteiger partial charge in [-0.15, -0.1) is 0 Å². The molecule has 0 saturated carbocycles. The highest BCUT2D eigenvalue weighted by molar-refractivity contribution is 5.48. The number of halogens is 1. The molecule has 21 heavy (non-hydrogen) atoms. The van der Waals surface area contributed by atoms with Crippen molar-refractivity contribution in [1.29, 1.82) is 0 Å². The van der Waals surface area contributed by atoms with Crippen molar-refractivity contribution < 1.29 is 13.9 Å². The van der Waals surface area contributed by atoms with Gasteiger partial charge in [-0.2, -0.15) is 0 Å². The molecule has 0 aliphatic carbocycles. The fourth-order valence-corrected chi connectivity index (χ4v) is 2.36. The highest BCUT2D eigenvalue weighted by Gasteiger charge is 2.21. The van der Waals surface area contributed by atoms with E-state index in [0.717, 1.165) is 11.1 Å². The molecule has 4 nitrogen and oxygen atoms in total. The fraction of sp³-hybridized carbons (Fsp3) is 0.250. The lowest BCUT2D eigenvalue weighted by Gasteiger charge is -2.22. The van der Waals surface area contributed by atoms with Crippen LogP contribution in [0.25, 0.3) is 0 Å². The number of hydrazine groups is 1. The summed E-state index contributed by atoms with van der Waals surface area (Å²) in [6.45, 7) is 1.97. The van der Waals surface area contributed by atoms with Crippen molar-refractivity contribution in [2.75, 3.05) is 14.2 Å². The third kappa shape index (κ3) is 3.15. The van der Waals surface area contributed by atoms with Gasteiger partial charge in [-0.1, -0.05) is 17.7 Å². The molecule has 3 N–H and O–H groups in total. The van der Waals surface area contributed by atoms with E-state index in [1.54, 1.807) is 13.2 Å². The highest BCUT2D eigenvalue weighted by atomic mass is 19.1. The summed E-state index contributed by atoms with van der Waals surface area (Å²) < 4.78 is 24.3. The number of nitrogens with two attached hydrogens (primary N) is 1. The van der Waals surface area contributed by atoms with Crippen LogP contribution in [-0.4, -0.2) is 14.2 Å². The summed E-state index contributed by atoms with van der Waals surface area (Å²) in [6, 6.07) is 9.66. The van der Waals surface area contributed by atoms with Crippen LogP contribution in [-0.2, 0) is 0 Å². The molecule has 0 fully saturated rings. The summed E-state index contributed by atoms with van der Waals surface area (Å²) in [5.74, 6) is 6.59. The van der Waals surface area contributed by atoms with E-state index in [9.17, 15) is 4.39 Å². The first kappa shape index (κ1) is 15.3. The molecular formula is C16H19FN2O2. The van der Waals surface area contributed by atoms with Crippen LogP contribution in [0.2, 0.25) is 0 Å². The molecular weight excluding hydrogens is 271 g/mol. The topological polar surface area (TPSA) is 56.5 Å². The van der Waals surface area contributed by atoms with Crippen LogP contribution in [0.4, 0.5) is 4.39 Å². The van der Waals surface area contributed by atoms with Crippen molar-refractivity contribution >= 4 is 0 Å². The standard InChI is InChI=1S/C16H19FN2O2/c1-10-4-6-14(20-2)12(8-10)16(19-18)13-9-11(17)5-7-15(13)21-3/h4-9,16,19H,18H2,1-3H3. The summed E-state index contributed by atoms with van der Waals surface area (Å²) in [6.07, 6.45) is 0. The molecule has 112 valence electrons. The van der Waals surface area contributed by atoms with E-state index in [-0.39, 0.29) is 5.82 Å². The number of methoxy groups -OCH3 is 2. The second-order valence-corrected chi connectivity index (χ2v) is 4.73. The van der Waals surface area contributed by atoms with Gasteiger partial charge in [0, 0.05) is 11.1 Å². The fourth-order valence-electron chi connectivity index (χ4n) is 2.36. The largest absolute Gasteiger partial charge is 0.496 e. The van der Waals surface area contributed by atoms with Gasteiger partial charge in [0.15, 0.2) is 0 Å². The second-order valence-electron chi connectivity index (χ2n) is 4.73. The molecule has 1 atom stereocenters. The van der Waals surface area contributed by atoms with E-state index < -0.39 is 6.04 Å². The molecule has 0 aromatic heterocycles. The van der Waals surface area contributed by atoms with Crippen LogP contribution in [0.1, 0.15) is 22.7 Å². The van der Waals surface area contributed by atoms with Crippen molar-refractivity contribution in [2.45, 2.75) is 13.0 Å². The Morgan fingerprint density at radius 2 is 1.57 bits per heavy atom. The van der Waals surface area contributed by atoms with E-state index in [2.05, 4.69) is 5.43 Å². The van der Waals surface area contributed by atoms with Crippen molar-refractivity contribution in [1.82, 2.24) is 5.43 Å². The minimum absolute atomic E-state index is 0.349. The molecule has 0 radical (unpaired) electrons. The minimum atomic E-state index is -0.439. The average Bonchev–Trinajstić information content (AvgIpc) is 2.48. The molecule has 2 aromatic carbocycles. The maximum Gasteiger partial charge on any atom is 0.124 e. The normalized spacial score (nSPS) is 12.0. The first-order valence-corrected chi connectivity index (χ1v) is 6.54. The van der Waals surface area contributed by atoms with Gasteiger partial charge < -0.3 is 9.47 Å². The number of nitrogens with one attached hydrogen (secondary N) is 1. The highest BCUT2D eigenvalue weighted by Crippen LogP contribution is 2.35. The number of benzene rings is 2. The van der Waals surface area contributed by atoms with Crippen molar-refractivity contribution in [2.24, 2.45) is 5.84 Å². The Labute approximate surface area is 123 Å². The third-order valence-corrected chi connectivity index (χ3v) is 3.37. The Bertz CT molecular complexity index is 578. The summed E-state index contributed by atoms with van der Waals surface area (Å²) in [7, 11) is 3.13. The van der Waals surface area contributed by atoms with Gasteiger partial charge in [-0.3, -0.25) is 5.84 Å². The zero-order chi connectivity index (χ0) is 15.4. The molecule has 5 heteroatoms. The molecule has 2 rings (SSSR count). The van der Waals surface area contributed by atoms with E-state index in [0.29, 0.717) is 17.1 Å². The van der Waals surface area contributed by atoms with Gasteiger partial charge >= 0.3 is 0 Å². The van der Waals surface area contributed by atoms with Crippen LogP contribution in [0.3, 0.4) is 0 Å². The summed E-state index contributed by atoms with van der Waals surface area (Å²) >= 11 is 0. The number of hydrogen-bond acceptors (Lipinski definition) is 4. The first-order chi connectivity index (χ1) is 10.1. The van der Waals surface area contributed by atoms with Gasteiger partial charge in [-0.25, -0.2) is 9.82 Å². The van der Waals surface area contributed by atoms with Crippen molar-refractivity contribution in [3.63, 3.8) is 0 Å². The van der Waals surface area contributed by atoms with Gasteiger partial charge in [-0.05, 0) is 31.2 Å². The van der Waals surface area contributed by atoms with Crippen LogP contribution in [0, 0.1) is 12.7 Å². The van der Waals surface area contributed by atoms with E-state index in [1.807, 2.05) is 25.1 Å².